The summed E-state index contributed by atoms with van der Waals surface area (Å²) in [5.41, 5.74) is -4.88. The first-order valence-electron chi connectivity index (χ1n) is 12.7. The highest BCUT2D eigenvalue weighted by atomic mass is 19.4. The monoisotopic (exact) mass is 596 g/mol. The third-order valence-corrected chi connectivity index (χ3v) is 7.11. The molecule has 14 heteroatoms. The number of anilines is 1. The maximum absolute atomic E-state index is 13.7. The van der Waals surface area contributed by atoms with Gasteiger partial charge in [0, 0.05) is 12.6 Å². The predicted octanol–water partition coefficient (Wildman–Crippen LogP) is 7.98. The number of hydrogen-bond donors (Lipinski definition) is 0. The standard InChI is InChI=1S/C27H25F9N2O3/c1-2-7-41-24(40)38-21-6-5-17(25(28,29)30)11-20(21)23(12-22(38)16-3-4-16)37(14-39)13-15-8-18(26(31,32)33)10-19(9-15)27(34,35)36/h5-6,8-11,14,16,22-23H,2-4,7,12-13H2,1H3/t22-,23-/m0/s1. The fraction of sp³-hybridized carbons (Fsp3) is 0.481. The van der Waals surface area contributed by atoms with Crippen molar-refractivity contribution in [2.75, 3.05) is 11.5 Å². The van der Waals surface area contributed by atoms with Gasteiger partial charge >= 0.3 is 24.6 Å². The minimum atomic E-state index is -5.13. The lowest BCUT2D eigenvalue weighted by Gasteiger charge is -2.43. The summed E-state index contributed by atoms with van der Waals surface area (Å²) in [5.74, 6) is -0.0824. The average molecular weight is 596 g/mol. The molecule has 0 bridgehead atoms. The Hall–Kier alpha value is -3.45. The van der Waals surface area contributed by atoms with Crippen molar-refractivity contribution in [1.29, 1.82) is 0 Å². The fourth-order valence-corrected chi connectivity index (χ4v) is 5.09. The lowest BCUT2D eigenvalue weighted by atomic mass is 9.86. The Kier molecular flexibility index (Phi) is 8.25. The van der Waals surface area contributed by atoms with Gasteiger partial charge in [-0.25, -0.2) is 4.79 Å². The van der Waals surface area contributed by atoms with E-state index in [2.05, 4.69) is 0 Å². The zero-order valence-electron chi connectivity index (χ0n) is 21.5. The van der Waals surface area contributed by atoms with Gasteiger partial charge in [0.15, 0.2) is 0 Å². The SMILES string of the molecule is CCCOC(=O)N1c2ccc(C(F)(F)F)cc2[C@@H](N(C=O)Cc2cc(C(F)(F)F)cc(C(F)(F)F)c2)C[C@H]1C1CC1. The van der Waals surface area contributed by atoms with E-state index in [1.54, 1.807) is 6.92 Å². The third kappa shape index (κ3) is 6.72. The highest BCUT2D eigenvalue weighted by molar-refractivity contribution is 5.90. The van der Waals surface area contributed by atoms with E-state index >= 15 is 0 Å². The molecule has 0 aromatic heterocycles. The second-order valence-electron chi connectivity index (χ2n) is 10.1. The number of amides is 2. The predicted molar refractivity (Wildman–Crippen MR) is 127 cm³/mol. The second-order valence-corrected chi connectivity index (χ2v) is 10.1. The summed E-state index contributed by atoms with van der Waals surface area (Å²) in [4.78, 5) is 27.4. The molecule has 224 valence electrons. The van der Waals surface area contributed by atoms with Crippen LogP contribution in [-0.4, -0.2) is 30.1 Å². The molecule has 5 nitrogen and oxygen atoms in total. The van der Waals surface area contributed by atoms with Crippen molar-refractivity contribution in [3.8, 4) is 0 Å². The van der Waals surface area contributed by atoms with Crippen LogP contribution in [0.15, 0.2) is 36.4 Å². The first-order valence-corrected chi connectivity index (χ1v) is 12.7. The molecule has 1 fully saturated rings. The zero-order valence-corrected chi connectivity index (χ0v) is 21.5. The molecule has 2 aliphatic rings. The Morgan fingerprint density at radius 3 is 2.00 bits per heavy atom. The van der Waals surface area contributed by atoms with Gasteiger partial charge in [-0.3, -0.25) is 9.69 Å². The number of carbonyl (C=O) groups is 2. The minimum absolute atomic E-state index is 0.0270. The number of ether oxygens (including phenoxy) is 1. The van der Waals surface area contributed by atoms with Crippen molar-refractivity contribution in [2.45, 2.75) is 69.8 Å². The van der Waals surface area contributed by atoms with Crippen LogP contribution in [0.3, 0.4) is 0 Å². The Morgan fingerprint density at radius 1 is 0.927 bits per heavy atom. The molecule has 0 unspecified atom stereocenters. The highest BCUT2D eigenvalue weighted by Crippen LogP contribution is 2.49. The van der Waals surface area contributed by atoms with Gasteiger partial charge in [-0.05, 0) is 79.1 Å². The van der Waals surface area contributed by atoms with Gasteiger partial charge in [0.25, 0.3) is 0 Å². The van der Waals surface area contributed by atoms with Gasteiger partial charge in [0.1, 0.15) is 0 Å². The average Bonchev–Trinajstić information content (AvgIpc) is 3.73. The number of benzene rings is 2. The molecule has 2 amide bonds. The summed E-state index contributed by atoms with van der Waals surface area (Å²) in [5, 5.41) is 0. The van der Waals surface area contributed by atoms with E-state index in [9.17, 15) is 49.1 Å². The molecule has 2 aromatic rings. The Morgan fingerprint density at radius 2 is 1.51 bits per heavy atom. The van der Waals surface area contributed by atoms with E-state index in [0.29, 0.717) is 31.4 Å². The van der Waals surface area contributed by atoms with E-state index in [1.165, 1.54) is 4.90 Å². The summed E-state index contributed by atoms with van der Waals surface area (Å²) in [6, 6.07) is 1.65. The van der Waals surface area contributed by atoms with Gasteiger partial charge in [0.2, 0.25) is 6.41 Å². The fourth-order valence-electron chi connectivity index (χ4n) is 5.09. The molecule has 41 heavy (non-hydrogen) atoms. The number of carbonyl (C=O) groups excluding carboxylic acids is 2. The smallest absolute Gasteiger partial charge is 0.416 e. The molecule has 0 saturated heterocycles. The van der Waals surface area contributed by atoms with Crippen molar-refractivity contribution in [3.05, 3.63) is 64.2 Å². The molecule has 2 atom stereocenters. The second kappa shape index (κ2) is 11.1. The number of rotatable bonds is 7. The highest BCUT2D eigenvalue weighted by Gasteiger charge is 2.47. The van der Waals surface area contributed by atoms with Crippen LogP contribution < -0.4 is 4.90 Å². The van der Waals surface area contributed by atoms with Crippen LogP contribution in [0.1, 0.15) is 66.5 Å². The van der Waals surface area contributed by atoms with E-state index in [-0.39, 0.29) is 42.7 Å². The van der Waals surface area contributed by atoms with Crippen molar-refractivity contribution in [2.24, 2.45) is 5.92 Å². The molecule has 1 saturated carbocycles. The summed E-state index contributed by atoms with van der Waals surface area (Å²) in [6.45, 7) is 1.04. The number of hydrogen-bond acceptors (Lipinski definition) is 3. The van der Waals surface area contributed by atoms with Crippen LogP contribution in [0.25, 0.3) is 0 Å². The molecular weight excluding hydrogens is 571 g/mol. The molecule has 1 aliphatic heterocycles. The normalized spacial score (nSPS) is 19.5. The Labute approximate surface area is 228 Å². The maximum Gasteiger partial charge on any atom is 0.416 e. The maximum atomic E-state index is 13.7. The first kappa shape index (κ1) is 30.5. The summed E-state index contributed by atoms with van der Waals surface area (Å²) < 4.78 is 127. The molecule has 2 aromatic carbocycles. The zero-order chi connectivity index (χ0) is 30.3. The topological polar surface area (TPSA) is 49.9 Å². The van der Waals surface area contributed by atoms with E-state index in [4.69, 9.17) is 4.74 Å². The Balaban J connectivity index is 1.81. The van der Waals surface area contributed by atoms with Crippen LogP contribution >= 0.6 is 0 Å². The van der Waals surface area contributed by atoms with Crippen molar-refractivity contribution in [3.63, 3.8) is 0 Å². The number of nitrogens with zero attached hydrogens (tertiary/aromatic N) is 2. The Bertz CT molecular complexity index is 1250. The molecular formula is C27H25F9N2O3. The summed E-state index contributed by atoms with van der Waals surface area (Å²) in [6.07, 6.45) is -13.9. The molecule has 1 heterocycles. The van der Waals surface area contributed by atoms with E-state index < -0.39 is 65.5 Å². The molecule has 0 N–H and O–H groups in total. The van der Waals surface area contributed by atoms with Gasteiger partial charge in [-0.1, -0.05) is 6.92 Å². The number of fused-ring (bicyclic) bond motifs is 1. The third-order valence-electron chi connectivity index (χ3n) is 7.11. The van der Waals surface area contributed by atoms with Gasteiger partial charge < -0.3 is 9.64 Å². The molecule has 1 aliphatic carbocycles. The van der Waals surface area contributed by atoms with Crippen molar-refractivity contribution < 1.29 is 53.8 Å². The molecule has 4 rings (SSSR count). The van der Waals surface area contributed by atoms with Gasteiger partial charge in [0.05, 0.1) is 35.0 Å². The quantitative estimate of drug-likeness (QED) is 0.241. The molecule has 0 spiro atoms. The summed E-state index contributed by atoms with van der Waals surface area (Å²) in [7, 11) is 0. The minimum Gasteiger partial charge on any atom is -0.449 e. The van der Waals surface area contributed by atoms with Crippen molar-refractivity contribution >= 4 is 18.2 Å². The van der Waals surface area contributed by atoms with Crippen LogP contribution in [0.2, 0.25) is 0 Å². The van der Waals surface area contributed by atoms with E-state index in [1.807, 2.05) is 0 Å². The van der Waals surface area contributed by atoms with Gasteiger partial charge in [-0.2, -0.15) is 39.5 Å². The largest absolute Gasteiger partial charge is 0.449 e. The molecule has 0 radical (unpaired) electrons. The van der Waals surface area contributed by atoms with Gasteiger partial charge in [-0.15, -0.1) is 0 Å². The lowest BCUT2D eigenvalue weighted by molar-refractivity contribution is -0.143. The van der Waals surface area contributed by atoms with E-state index in [0.717, 1.165) is 23.1 Å². The summed E-state index contributed by atoms with van der Waals surface area (Å²) >= 11 is 0. The number of alkyl halides is 9. The lowest BCUT2D eigenvalue weighted by Crippen LogP contribution is -2.49. The first-order chi connectivity index (χ1) is 19.0. The van der Waals surface area contributed by atoms with Crippen LogP contribution in [0.4, 0.5) is 50.0 Å². The van der Waals surface area contributed by atoms with Crippen LogP contribution in [0.5, 0.6) is 0 Å². The van der Waals surface area contributed by atoms with Crippen LogP contribution in [0, 0.1) is 5.92 Å². The van der Waals surface area contributed by atoms with Crippen LogP contribution in [-0.2, 0) is 34.6 Å². The number of halogens is 9. The van der Waals surface area contributed by atoms with Crippen molar-refractivity contribution in [1.82, 2.24) is 4.90 Å².